The summed E-state index contributed by atoms with van der Waals surface area (Å²) in [6, 6.07) is 32.0. The van der Waals surface area contributed by atoms with Gasteiger partial charge in [0.25, 0.3) is 5.52 Å². The third kappa shape index (κ3) is 8.38. The van der Waals surface area contributed by atoms with E-state index in [0.29, 0.717) is 0 Å². The van der Waals surface area contributed by atoms with Crippen LogP contribution in [0.1, 0.15) is 67.7 Å². The van der Waals surface area contributed by atoms with Crippen LogP contribution in [-0.2, 0) is 6.54 Å². The Balaban J connectivity index is 0.810. The standard InChI is InChI=1S/C50H54N8/c1-32-23-39(51)50-47(26-32)56-44-29-35(4)42(30-48(44)58(50)38-18-11-10-12-19-38)53-22-16-9-7-6-8-15-21-52-41-27-36(5)43(28-34(41)3)55-46-25-33(2)24-45-49(46)57-40-20-14-13-17-37(40)31-54-45/h10-14,17-20,23-30,52H,5-9,15-16,21-22,31,51H2,1-4H3,(H2,53,54,56,57)/p+2. The van der Waals surface area contributed by atoms with Gasteiger partial charge >= 0.3 is 0 Å². The number of nitrogens with two attached hydrogens (primary N) is 2. The van der Waals surface area contributed by atoms with E-state index in [1.165, 1.54) is 53.6 Å². The zero-order chi connectivity index (χ0) is 40.2. The van der Waals surface area contributed by atoms with Gasteiger partial charge in [-0.1, -0.05) is 68.7 Å². The van der Waals surface area contributed by atoms with E-state index in [9.17, 15) is 0 Å². The first-order chi connectivity index (χ1) is 28.2. The maximum absolute atomic E-state index is 6.63. The zero-order valence-electron chi connectivity index (χ0n) is 34.4. The molecule has 6 aromatic rings. The van der Waals surface area contributed by atoms with Crippen molar-refractivity contribution >= 4 is 61.9 Å². The summed E-state index contributed by atoms with van der Waals surface area (Å²) in [5.41, 5.74) is 26.8. The molecule has 7 N–H and O–H groups in total. The molecule has 0 radical (unpaired) electrons. The first-order valence-corrected chi connectivity index (χ1v) is 20.8. The molecular weight excluding hydrogens is 713 g/mol. The van der Waals surface area contributed by atoms with Crippen LogP contribution in [0.2, 0.25) is 0 Å². The predicted octanol–water partition coefficient (Wildman–Crippen LogP) is 10.1. The van der Waals surface area contributed by atoms with Gasteiger partial charge in [-0.2, -0.15) is 0 Å². The Morgan fingerprint density at radius 1 is 0.793 bits per heavy atom. The molecule has 0 bridgehead atoms. The molecule has 1 aliphatic heterocycles. The quantitative estimate of drug-likeness (QED) is 0.0348. The lowest BCUT2D eigenvalue weighted by Crippen LogP contribution is -2.71. The van der Waals surface area contributed by atoms with Crippen molar-refractivity contribution in [2.75, 3.05) is 29.5 Å². The zero-order valence-corrected chi connectivity index (χ0v) is 34.4. The molecule has 2 aliphatic rings. The van der Waals surface area contributed by atoms with Crippen LogP contribution in [0, 0.1) is 20.8 Å². The van der Waals surface area contributed by atoms with E-state index < -0.39 is 0 Å². The van der Waals surface area contributed by atoms with Gasteiger partial charge in [-0.3, -0.25) is 5.32 Å². The molecule has 1 aromatic heterocycles. The Morgan fingerprint density at radius 2 is 1.52 bits per heavy atom. The minimum absolute atomic E-state index is 0.735. The van der Waals surface area contributed by atoms with E-state index in [1.54, 1.807) is 0 Å². The monoisotopic (exact) mass is 768 g/mol. The van der Waals surface area contributed by atoms with Crippen LogP contribution in [0.4, 0.5) is 34.1 Å². The van der Waals surface area contributed by atoms with Gasteiger partial charge in [0.15, 0.2) is 5.69 Å². The molecule has 0 atom stereocenters. The van der Waals surface area contributed by atoms with E-state index in [4.69, 9.17) is 15.7 Å². The Bertz CT molecular complexity index is 2620. The van der Waals surface area contributed by atoms with Crippen molar-refractivity contribution in [2.45, 2.75) is 72.8 Å². The third-order valence-electron chi connectivity index (χ3n) is 11.3. The molecule has 0 saturated heterocycles. The lowest BCUT2D eigenvalue weighted by Gasteiger charge is -2.18. The lowest BCUT2D eigenvalue weighted by molar-refractivity contribution is -0.537. The van der Waals surface area contributed by atoms with Crippen LogP contribution in [-0.4, -0.2) is 23.8 Å². The first-order valence-electron chi connectivity index (χ1n) is 20.8. The summed E-state index contributed by atoms with van der Waals surface area (Å²) in [5, 5.41) is 13.3. The second-order valence-electron chi connectivity index (χ2n) is 16.0. The number of nitrogens with zero attached hydrogens (tertiary/aromatic N) is 3. The fourth-order valence-electron chi connectivity index (χ4n) is 8.27. The van der Waals surface area contributed by atoms with Crippen LogP contribution in [0.25, 0.3) is 27.8 Å². The van der Waals surface area contributed by atoms with Crippen molar-refractivity contribution in [3.63, 3.8) is 0 Å². The van der Waals surface area contributed by atoms with Crippen molar-refractivity contribution in [3.05, 3.63) is 149 Å². The van der Waals surface area contributed by atoms with Gasteiger partial charge in [-0.25, -0.2) is 9.98 Å². The Kier molecular flexibility index (Phi) is 11.4. The average Bonchev–Trinajstić information content (AvgIpc) is 3.39. The Labute approximate surface area is 342 Å². The van der Waals surface area contributed by atoms with E-state index in [2.05, 4.69) is 151 Å². The van der Waals surface area contributed by atoms with Crippen molar-refractivity contribution in [1.82, 2.24) is 10.3 Å². The van der Waals surface area contributed by atoms with Gasteiger partial charge in [0.05, 0.1) is 11.4 Å². The van der Waals surface area contributed by atoms with Crippen molar-refractivity contribution < 1.29 is 9.88 Å². The summed E-state index contributed by atoms with van der Waals surface area (Å²) >= 11 is 0. The molecule has 0 amide bonds. The van der Waals surface area contributed by atoms with Gasteiger partial charge < -0.3 is 21.7 Å². The second-order valence-corrected chi connectivity index (χ2v) is 16.0. The van der Waals surface area contributed by atoms with Gasteiger partial charge in [-0.15, -0.1) is 4.57 Å². The molecule has 8 rings (SSSR count). The number of nitrogen functional groups attached to an aromatic ring is 1. The highest BCUT2D eigenvalue weighted by Gasteiger charge is 2.24. The second kappa shape index (κ2) is 17.1. The number of rotatable bonds is 13. The van der Waals surface area contributed by atoms with E-state index in [-0.39, 0.29) is 0 Å². The third-order valence-corrected chi connectivity index (χ3v) is 11.3. The summed E-state index contributed by atoms with van der Waals surface area (Å²) in [6.45, 7) is 15.6. The van der Waals surface area contributed by atoms with Crippen LogP contribution in [0.15, 0.2) is 132 Å². The van der Waals surface area contributed by atoms with E-state index in [1.807, 2.05) is 12.1 Å². The minimum Gasteiger partial charge on any atom is -0.393 e. The maximum atomic E-state index is 6.63. The summed E-state index contributed by atoms with van der Waals surface area (Å²) in [4.78, 5) is 10.2. The maximum Gasteiger partial charge on any atom is 0.260 e. The normalized spacial score (nSPS) is 14.4. The molecular formula is C50H56N8+2. The average molecular weight is 769 g/mol. The molecule has 5 aromatic carbocycles. The molecule has 2 heterocycles. The molecule has 0 unspecified atom stereocenters. The van der Waals surface area contributed by atoms with Gasteiger partial charge in [0, 0.05) is 54.8 Å². The smallest absolute Gasteiger partial charge is 0.260 e. The number of nitrogens with one attached hydrogen (secondary N) is 3. The van der Waals surface area contributed by atoms with Crippen LogP contribution < -0.4 is 31.6 Å². The molecule has 8 heteroatoms. The molecule has 8 nitrogen and oxygen atoms in total. The highest BCUT2D eigenvalue weighted by Crippen LogP contribution is 2.36. The summed E-state index contributed by atoms with van der Waals surface area (Å²) in [7, 11) is 0. The number of allylic oxidation sites excluding steroid dienone is 4. The number of aryl methyl sites for hydroxylation is 3. The van der Waals surface area contributed by atoms with Crippen molar-refractivity contribution in [2.24, 2.45) is 4.99 Å². The highest BCUT2D eigenvalue weighted by molar-refractivity contribution is 6.13. The minimum atomic E-state index is 0.735. The van der Waals surface area contributed by atoms with Crippen LogP contribution in [0.5, 0.6) is 0 Å². The number of unbranched alkanes of at least 4 members (excludes halogenated alkanes) is 5. The number of quaternary nitrogens is 1. The fraction of sp³-hybridized carbons (Fsp3) is 0.260. The number of fused-ring (bicyclic) bond motifs is 4. The number of aliphatic imine (C=N–C) groups is 1. The topological polar surface area (TPSA) is 108 Å². The van der Waals surface area contributed by atoms with Gasteiger partial charge in [0.1, 0.15) is 28.1 Å². The van der Waals surface area contributed by atoms with E-state index >= 15 is 0 Å². The number of hydrogen-bond donors (Lipinski definition) is 5. The lowest BCUT2D eigenvalue weighted by atomic mass is 9.98. The van der Waals surface area contributed by atoms with Crippen LogP contribution >= 0.6 is 0 Å². The molecule has 1 aliphatic carbocycles. The summed E-state index contributed by atoms with van der Waals surface area (Å²) in [5.74, 6) is 0. The molecule has 0 saturated carbocycles. The van der Waals surface area contributed by atoms with Gasteiger partial charge in [-0.05, 0) is 117 Å². The molecule has 58 heavy (non-hydrogen) atoms. The SMILES string of the molecule is C=C1C=C(NCCCCCCCCNc2cc3c(cc2C)nc2cc(C)cc(N)c2[n+]3-c2ccccc2)C(C)=CC1=Nc1cc(C)cc2c1[NH2+]c1ccccc1CN2. The number of hydrogen-bond acceptors (Lipinski definition) is 6. The summed E-state index contributed by atoms with van der Waals surface area (Å²) < 4.78 is 2.26. The first kappa shape index (κ1) is 38.6. The fourth-order valence-corrected chi connectivity index (χ4v) is 8.27. The molecule has 0 spiro atoms. The van der Waals surface area contributed by atoms with Crippen molar-refractivity contribution in [3.8, 4) is 5.69 Å². The number of anilines is 3. The number of aromatic nitrogens is 2. The molecule has 0 fully saturated rings. The van der Waals surface area contributed by atoms with Gasteiger partial charge in [0.2, 0.25) is 11.2 Å². The number of benzene rings is 5. The van der Waals surface area contributed by atoms with E-state index in [0.717, 1.165) is 111 Å². The predicted molar refractivity (Wildman–Crippen MR) is 243 cm³/mol. The molecule has 294 valence electrons. The summed E-state index contributed by atoms with van der Waals surface area (Å²) in [6.07, 6.45) is 11.5. The Morgan fingerprint density at radius 3 is 2.33 bits per heavy atom. The highest BCUT2D eigenvalue weighted by atomic mass is 15.0. The Hall–Kier alpha value is -6.25. The van der Waals surface area contributed by atoms with Crippen LogP contribution in [0.3, 0.4) is 0 Å². The number of para-hydroxylation sites is 2. The largest absolute Gasteiger partial charge is 0.393 e. The van der Waals surface area contributed by atoms with Crippen molar-refractivity contribution in [1.29, 1.82) is 0 Å².